The predicted octanol–water partition coefficient (Wildman–Crippen LogP) is 4.73. The van der Waals surface area contributed by atoms with Crippen molar-refractivity contribution in [2.45, 2.75) is 44.8 Å². The number of rotatable bonds is 6. The Labute approximate surface area is 123 Å². The lowest BCUT2D eigenvalue weighted by atomic mass is 9.92. The Morgan fingerprint density at radius 2 is 1.85 bits per heavy atom. The van der Waals surface area contributed by atoms with Crippen molar-refractivity contribution < 1.29 is 0 Å². The van der Waals surface area contributed by atoms with Gasteiger partial charge in [0, 0.05) is 18.6 Å². The molecule has 0 aromatic heterocycles. The fraction of sp³-hybridized carbons (Fsp3) is 0.368. The van der Waals surface area contributed by atoms with Crippen LogP contribution >= 0.6 is 0 Å². The Balaban J connectivity index is 2.21. The molecule has 2 rings (SSSR count). The van der Waals surface area contributed by atoms with Crippen LogP contribution in [0, 0.1) is 0 Å². The molecular weight excluding hydrogens is 242 g/mol. The normalized spacial score (nSPS) is 23.1. The lowest BCUT2D eigenvalue weighted by molar-refractivity contribution is 0.138. The zero-order valence-corrected chi connectivity index (χ0v) is 12.5. The smallest absolute Gasteiger partial charge is 0.0321 e. The monoisotopic (exact) mass is 267 g/mol. The summed E-state index contributed by atoms with van der Waals surface area (Å²) in [5.74, 6) is 0. The summed E-state index contributed by atoms with van der Waals surface area (Å²) in [5, 5.41) is 0. The van der Waals surface area contributed by atoms with E-state index >= 15 is 0 Å². The van der Waals surface area contributed by atoms with Gasteiger partial charge in [0.1, 0.15) is 0 Å². The SMILES string of the molecule is C=CC[C@@H]1CC(C)=C[C@@H](CC=C)N1Cc1ccccc1. The quantitative estimate of drug-likeness (QED) is 0.674. The van der Waals surface area contributed by atoms with E-state index in [0.717, 1.165) is 25.8 Å². The molecule has 1 aromatic rings. The molecule has 0 spiro atoms. The van der Waals surface area contributed by atoms with Crippen LogP contribution in [0.25, 0.3) is 0 Å². The Morgan fingerprint density at radius 1 is 1.15 bits per heavy atom. The summed E-state index contributed by atoms with van der Waals surface area (Å²) in [6.07, 6.45) is 9.69. The number of hydrogen-bond acceptors (Lipinski definition) is 1. The summed E-state index contributed by atoms with van der Waals surface area (Å²) in [6, 6.07) is 11.7. The molecule has 1 heterocycles. The van der Waals surface area contributed by atoms with Gasteiger partial charge in [-0.25, -0.2) is 0 Å². The first-order valence-corrected chi connectivity index (χ1v) is 7.43. The molecule has 1 aromatic carbocycles. The van der Waals surface area contributed by atoms with Gasteiger partial charge in [-0.2, -0.15) is 0 Å². The van der Waals surface area contributed by atoms with E-state index in [1.54, 1.807) is 0 Å². The van der Waals surface area contributed by atoms with Crippen LogP contribution in [-0.2, 0) is 6.54 Å². The third-order valence-electron chi connectivity index (χ3n) is 3.98. The van der Waals surface area contributed by atoms with Crippen molar-refractivity contribution >= 4 is 0 Å². The van der Waals surface area contributed by atoms with Gasteiger partial charge < -0.3 is 0 Å². The molecule has 1 aliphatic heterocycles. The topological polar surface area (TPSA) is 3.24 Å². The lowest BCUT2D eigenvalue weighted by Gasteiger charge is -2.40. The van der Waals surface area contributed by atoms with E-state index in [4.69, 9.17) is 0 Å². The second-order valence-corrected chi connectivity index (χ2v) is 5.65. The first-order valence-electron chi connectivity index (χ1n) is 7.43. The van der Waals surface area contributed by atoms with Crippen LogP contribution in [-0.4, -0.2) is 17.0 Å². The van der Waals surface area contributed by atoms with Crippen molar-refractivity contribution in [3.63, 3.8) is 0 Å². The van der Waals surface area contributed by atoms with Gasteiger partial charge in [-0.15, -0.1) is 13.2 Å². The summed E-state index contributed by atoms with van der Waals surface area (Å²) in [7, 11) is 0. The van der Waals surface area contributed by atoms with Crippen molar-refractivity contribution in [2.24, 2.45) is 0 Å². The molecule has 0 aliphatic carbocycles. The van der Waals surface area contributed by atoms with Gasteiger partial charge in [-0.05, 0) is 31.7 Å². The number of hydrogen-bond donors (Lipinski definition) is 0. The number of nitrogens with zero attached hydrogens (tertiary/aromatic N) is 1. The number of benzene rings is 1. The van der Waals surface area contributed by atoms with Gasteiger partial charge in [0.25, 0.3) is 0 Å². The summed E-state index contributed by atoms with van der Waals surface area (Å²) in [6.45, 7) is 11.1. The molecule has 0 radical (unpaired) electrons. The van der Waals surface area contributed by atoms with Crippen molar-refractivity contribution in [1.82, 2.24) is 4.90 Å². The third kappa shape index (κ3) is 3.71. The summed E-state index contributed by atoms with van der Waals surface area (Å²) in [5.41, 5.74) is 2.87. The van der Waals surface area contributed by atoms with Gasteiger partial charge in [0.2, 0.25) is 0 Å². The second kappa shape index (κ2) is 7.25. The second-order valence-electron chi connectivity index (χ2n) is 5.65. The minimum atomic E-state index is 0.464. The highest BCUT2D eigenvalue weighted by atomic mass is 15.2. The lowest BCUT2D eigenvalue weighted by Crippen LogP contribution is -2.44. The standard InChI is InChI=1S/C19H25N/c1-4-9-18-13-16(3)14-19(10-5-2)20(18)15-17-11-7-6-8-12-17/h4-8,11-13,18-19H,1-2,9-10,14-15H2,3H3/t18-,19-/m1/s1. The molecule has 0 saturated heterocycles. The van der Waals surface area contributed by atoms with Crippen molar-refractivity contribution in [3.05, 3.63) is 72.9 Å². The summed E-state index contributed by atoms with van der Waals surface area (Å²) >= 11 is 0. The fourth-order valence-corrected chi connectivity index (χ4v) is 3.08. The van der Waals surface area contributed by atoms with Gasteiger partial charge in [0.15, 0.2) is 0 Å². The maximum absolute atomic E-state index is 3.93. The van der Waals surface area contributed by atoms with Crippen LogP contribution in [0.3, 0.4) is 0 Å². The molecule has 1 nitrogen and oxygen atoms in total. The van der Waals surface area contributed by atoms with Gasteiger partial charge in [-0.1, -0.05) is 54.1 Å². The molecule has 106 valence electrons. The summed E-state index contributed by atoms with van der Waals surface area (Å²) < 4.78 is 0. The third-order valence-corrected chi connectivity index (χ3v) is 3.98. The van der Waals surface area contributed by atoms with Gasteiger partial charge in [-0.3, -0.25) is 4.90 Å². The Morgan fingerprint density at radius 3 is 2.50 bits per heavy atom. The van der Waals surface area contributed by atoms with E-state index in [1.165, 1.54) is 11.1 Å². The molecule has 1 heteroatoms. The Kier molecular flexibility index (Phi) is 5.37. The average molecular weight is 267 g/mol. The van der Waals surface area contributed by atoms with Crippen LogP contribution in [0.1, 0.15) is 31.7 Å². The van der Waals surface area contributed by atoms with Crippen molar-refractivity contribution in [1.29, 1.82) is 0 Å². The van der Waals surface area contributed by atoms with Crippen LogP contribution in [0.15, 0.2) is 67.3 Å². The highest BCUT2D eigenvalue weighted by molar-refractivity contribution is 5.19. The van der Waals surface area contributed by atoms with E-state index in [9.17, 15) is 0 Å². The molecule has 0 amide bonds. The van der Waals surface area contributed by atoms with E-state index in [0.29, 0.717) is 12.1 Å². The maximum atomic E-state index is 3.93. The molecule has 2 atom stereocenters. The van der Waals surface area contributed by atoms with E-state index in [-0.39, 0.29) is 0 Å². The zero-order chi connectivity index (χ0) is 14.4. The first kappa shape index (κ1) is 14.8. The van der Waals surface area contributed by atoms with Crippen LogP contribution in [0.5, 0.6) is 0 Å². The first-order chi connectivity index (χ1) is 9.74. The molecular formula is C19H25N. The van der Waals surface area contributed by atoms with Crippen LogP contribution in [0.4, 0.5) is 0 Å². The Bertz CT molecular complexity index is 472. The largest absolute Gasteiger partial charge is 0.289 e. The molecule has 0 fully saturated rings. The maximum Gasteiger partial charge on any atom is 0.0321 e. The van der Waals surface area contributed by atoms with Crippen molar-refractivity contribution in [3.8, 4) is 0 Å². The Hall–Kier alpha value is -1.60. The highest BCUT2D eigenvalue weighted by Gasteiger charge is 2.27. The minimum Gasteiger partial charge on any atom is -0.289 e. The van der Waals surface area contributed by atoms with Crippen molar-refractivity contribution in [2.75, 3.05) is 0 Å². The van der Waals surface area contributed by atoms with E-state index in [1.807, 2.05) is 12.2 Å². The molecule has 0 unspecified atom stereocenters. The highest BCUT2D eigenvalue weighted by Crippen LogP contribution is 2.28. The van der Waals surface area contributed by atoms with E-state index in [2.05, 4.69) is 61.4 Å². The van der Waals surface area contributed by atoms with E-state index < -0.39 is 0 Å². The fourth-order valence-electron chi connectivity index (χ4n) is 3.08. The molecule has 0 N–H and O–H groups in total. The average Bonchev–Trinajstić information content (AvgIpc) is 2.44. The molecule has 0 bridgehead atoms. The molecule has 1 aliphatic rings. The summed E-state index contributed by atoms with van der Waals surface area (Å²) in [4.78, 5) is 2.60. The molecule has 20 heavy (non-hydrogen) atoms. The predicted molar refractivity (Wildman–Crippen MR) is 87.6 cm³/mol. The minimum absolute atomic E-state index is 0.464. The van der Waals surface area contributed by atoms with Crippen LogP contribution < -0.4 is 0 Å². The van der Waals surface area contributed by atoms with Crippen LogP contribution in [0.2, 0.25) is 0 Å². The zero-order valence-electron chi connectivity index (χ0n) is 12.5. The molecule has 0 saturated carbocycles. The van der Waals surface area contributed by atoms with Gasteiger partial charge >= 0.3 is 0 Å². The van der Waals surface area contributed by atoms with Gasteiger partial charge in [0.05, 0.1) is 0 Å².